The van der Waals surface area contributed by atoms with Crippen molar-refractivity contribution in [1.29, 1.82) is 0 Å². The van der Waals surface area contributed by atoms with E-state index in [1.165, 1.54) is 25.0 Å². The van der Waals surface area contributed by atoms with Gasteiger partial charge in [0.05, 0.1) is 11.3 Å². The summed E-state index contributed by atoms with van der Waals surface area (Å²) in [5, 5.41) is 0. The summed E-state index contributed by atoms with van der Waals surface area (Å²) in [5.41, 5.74) is 0.285. The molecule has 2 heterocycles. The van der Waals surface area contributed by atoms with E-state index in [-0.39, 0.29) is 42.5 Å². The molecule has 4 aliphatic rings. The van der Waals surface area contributed by atoms with Gasteiger partial charge in [-0.1, -0.05) is 38.5 Å². The lowest BCUT2D eigenvalue weighted by molar-refractivity contribution is -0.152. The van der Waals surface area contributed by atoms with E-state index in [1.54, 1.807) is 11.1 Å². The Balaban J connectivity index is 1.39. The summed E-state index contributed by atoms with van der Waals surface area (Å²) >= 11 is 0. The molecule has 8 nitrogen and oxygen atoms in total. The van der Waals surface area contributed by atoms with Gasteiger partial charge in [0.25, 0.3) is 15.9 Å². The Morgan fingerprint density at radius 2 is 1.61 bits per heavy atom. The van der Waals surface area contributed by atoms with E-state index in [0.717, 1.165) is 51.4 Å². The van der Waals surface area contributed by atoms with Gasteiger partial charge in [-0.2, -0.15) is 0 Å². The Hall–Kier alpha value is -2.16. The van der Waals surface area contributed by atoms with Crippen molar-refractivity contribution >= 4 is 27.7 Å². The van der Waals surface area contributed by atoms with Crippen molar-refractivity contribution in [2.24, 2.45) is 4.40 Å². The number of esters is 1. The first kappa shape index (κ1) is 22.0. The predicted octanol–water partition coefficient (Wildman–Crippen LogP) is 2.52. The van der Waals surface area contributed by atoms with Crippen molar-refractivity contribution in [1.82, 2.24) is 9.80 Å². The normalized spacial score (nSPS) is 24.1. The van der Waals surface area contributed by atoms with Gasteiger partial charge in [-0.15, -0.1) is 4.40 Å². The molecule has 0 aromatic heterocycles. The molecule has 2 fully saturated rings. The van der Waals surface area contributed by atoms with Gasteiger partial charge in [0.1, 0.15) is 5.84 Å². The average Bonchev–Trinajstić information content (AvgIpc) is 2.78. The van der Waals surface area contributed by atoms with Crippen molar-refractivity contribution in [2.45, 2.75) is 76.3 Å². The van der Waals surface area contributed by atoms with Crippen LogP contribution in [0.25, 0.3) is 0 Å². The van der Waals surface area contributed by atoms with Crippen LogP contribution in [-0.4, -0.2) is 66.9 Å². The van der Waals surface area contributed by atoms with Crippen molar-refractivity contribution in [2.75, 3.05) is 18.9 Å². The maximum atomic E-state index is 13.1. The lowest BCUT2D eigenvalue weighted by Crippen LogP contribution is -2.50. The number of hydrogen-bond acceptors (Lipinski definition) is 6. The second kappa shape index (κ2) is 9.54. The Kier molecular flexibility index (Phi) is 6.79. The summed E-state index contributed by atoms with van der Waals surface area (Å²) in [7, 11) is -3.44. The maximum Gasteiger partial charge on any atom is 0.340 e. The average molecular weight is 450 g/mol. The van der Waals surface area contributed by atoms with Crippen molar-refractivity contribution in [3.63, 3.8) is 0 Å². The molecule has 0 aromatic rings. The maximum absolute atomic E-state index is 13.1. The van der Waals surface area contributed by atoms with Crippen LogP contribution in [0.15, 0.2) is 28.3 Å². The number of rotatable bonds is 5. The zero-order valence-electron chi connectivity index (χ0n) is 17.9. The van der Waals surface area contributed by atoms with E-state index in [9.17, 15) is 18.0 Å². The zero-order chi connectivity index (χ0) is 21.8. The van der Waals surface area contributed by atoms with E-state index in [0.29, 0.717) is 5.84 Å². The second-order valence-corrected chi connectivity index (χ2v) is 10.6. The Labute approximate surface area is 184 Å². The van der Waals surface area contributed by atoms with Crippen molar-refractivity contribution in [3.8, 4) is 0 Å². The van der Waals surface area contributed by atoms with Crippen LogP contribution >= 0.6 is 0 Å². The van der Waals surface area contributed by atoms with Crippen molar-refractivity contribution in [3.05, 3.63) is 23.9 Å². The highest BCUT2D eigenvalue weighted by atomic mass is 32.2. The lowest BCUT2D eigenvalue weighted by atomic mass is 9.88. The minimum Gasteiger partial charge on any atom is -0.452 e. The molecular formula is C22H31N3O5S. The molecule has 0 N–H and O–H groups in total. The zero-order valence-corrected chi connectivity index (χ0v) is 18.7. The van der Waals surface area contributed by atoms with Gasteiger partial charge in [0, 0.05) is 24.8 Å². The molecule has 0 bridgehead atoms. The number of sulfonamides is 1. The number of ether oxygens (including phenoxy) is 1. The van der Waals surface area contributed by atoms with Crippen LogP contribution < -0.4 is 0 Å². The molecule has 2 saturated carbocycles. The Morgan fingerprint density at radius 1 is 1.00 bits per heavy atom. The smallest absolute Gasteiger partial charge is 0.340 e. The Bertz CT molecular complexity index is 878. The molecule has 1 amide bonds. The fourth-order valence-corrected chi connectivity index (χ4v) is 6.00. The van der Waals surface area contributed by atoms with E-state index in [1.807, 2.05) is 4.90 Å². The summed E-state index contributed by atoms with van der Waals surface area (Å²) in [5.74, 6) is -0.484. The third-order valence-corrected chi connectivity index (χ3v) is 7.77. The SMILES string of the molecule is O=C(OCC(=O)N(C1CCCCC1)C1CCCCC1)C1=CN2CCS(=O)(=O)N=C2C=C1. The highest BCUT2D eigenvalue weighted by molar-refractivity contribution is 7.90. The third kappa shape index (κ3) is 5.37. The summed E-state index contributed by atoms with van der Waals surface area (Å²) < 4.78 is 32.3. The van der Waals surface area contributed by atoms with Gasteiger partial charge in [-0.3, -0.25) is 4.79 Å². The highest BCUT2D eigenvalue weighted by Gasteiger charge is 2.33. The number of hydrogen-bond donors (Lipinski definition) is 0. The number of fused-ring (bicyclic) bond motifs is 1. The van der Waals surface area contributed by atoms with E-state index in [4.69, 9.17) is 4.74 Å². The molecule has 0 saturated heterocycles. The minimum atomic E-state index is -3.44. The molecule has 2 aliphatic heterocycles. The van der Waals surface area contributed by atoms with Gasteiger partial charge in [0.2, 0.25) is 0 Å². The summed E-state index contributed by atoms with van der Waals surface area (Å²) in [4.78, 5) is 29.4. The highest BCUT2D eigenvalue weighted by Crippen LogP contribution is 2.30. The molecule has 9 heteroatoms. The summed E-state index contributed by atoms with van der Waals surface area (Å²) in [6.07, 6.45) is 15.7. The van der Waals surface area contributed by atoms with Crippen molar-refractivity contribution < 1.29 is 22.7 Å². The van der Waals surface area contributed by atoms with E-state index >= 15 is 0 Å². The van der Waals surface area contributed by atoms with Crippen LogP contribution in [0.5, 0.6) is 0 Å². The lowest BCUT2D eigenvalue weighted by Gasteiger charge is -2.41. The standard InChI is InChI=1S/C22H31N3O5S/c26-21(25(18-7-3-1-4-8-18)19-9-5-2-6-10-19)16-30-22(27)17-11-12-20-23-31(28,29)14-13-24(20)15-17/h11-12,15,18-19H,1-10,13-14,16H2. The molecule has 4 rings (SSSR count). The van der Waals surface area contributed by atoms with Crippen LogP contribution in [0.2, 0.25) is 0 Å². The number of carbonyl (C=O) groups is 2. The first-order chi connectivity index (χ1) is 14.9. The number of amides is 1. The molecule has 0 unspecified atom stereocenters. The predicted molar refractivity (Wildman–Crippen MR) is 117 cm³/mol. The largest absolute Gasteiger partial charge is 0.452 e. The first-order valence-electron chi connectivity index (χ1n) is 11.4. The first-order valence-corrected chi connectivity index (χ1v) is 13.0. The van der Waals surface area contributed by atoms with Crippen LogP contribution in [-0.2, 0) is 24.3 Å². The third-order valence-electron chi connectivity index (χ3n) is 6.61. The van der Waals surface area contributed by atoms with E-state index in [2.05, 4.69) is 4.40 Å². The van der Waals surface area contributed by atoms with Crippen LogP contribution in [0, 0.1) is 0 Å². The molecule has 2 aliphatic carbocycles. The molecule has 31 heavy (non-hydrogen) atoms. The fraction of sp³-hybridized carbons (Fsp3) is 0.682. The van der Waals surface area contributed by atoms with Crippen LogP contribution in [0.1, 0.15) is 64.2 Å². The van der Waals surface area contributed by atoms with E-state index < -0.39 is 16.0 Å². The molecule has 0 aromatic carbocycles. The van der Waals surface area contributed by atoms with Crippen LogP contribution in [0.3, 0.4) is 0 Å². The van der Waals surface area contributed by atoms with Crippen LogP contribution in [0.4, 0.5) is 0 Å². The monoisotopic (exact) mass is 449 g/mol. The fourth-order valence-electron chi connectivity index (χ4n) is 5.03. The Morgan fingerprint density at radius 3 is 2.23 bits per heavy atom. The van der Waals surface area contributed by atoms with Gasteiger partial charge in [-0.05, 0) is 37.8 Å². The molecule has 0 atom stereocenters. The second-order valence-electron chi connectivity index (χ2n) is 8.81. The minimum absolute atomic E-state index is 0.0978. The van der Waals surface area contributed by atoms with Gasteiger partial charge in [0.15, 0.2) is 6.61 Å². The van der Waals surface area contributed by atoms with Gasteiger partial charge >= 0.3 is 5.97 Å². The summed E-state index contributed by atoms with van der Waals surface area (Å²) in [6, 6.07) is 0.511. The molecular weight excluding hydrogens is 418 g/mol. The number of amidine groups is 1. The number of carbonyl (C=O) groups excluding carboxylic acids is 2. The summed E-state index contributed by atoms with van der Waals surface area (Å²) in [6.45, 7) is -0.0231. The van der Waals surface area contributed by atoms with Gasteiger partial charge < -0.3 is 14.5 Å². The number of nitrogens with zero attached hydrogens (tertiary/aromatic N) is 3. The quantitative estimate of drug-likeness (QED) is 0.599. The molecule has 170 valence electrons. The topological polar surface area (TPSA) is 96.4 Å². The molecule has 0 radical (unpaired) electrons. The van der Waals surface area contributed by atoms with Gasteiger partial charge in [-0.25, -0.2) is 13.2 Å². The molecule has 0 spiro atoms.